The second-order valence-corrected chi connectivity index (χ2v) is 4.80. The van der Waals surface area contributed by atoms with Crippen molar-refractivity contribution in [2.24, 2.45) is 0 Å². The lowest BCUT2D eigenvalue weighted by Gasteiger charge is -2.10. The molecule has 0 aliphatic carbocycles. The molecule has 0 aliphatic rings. The second kappa shape index (κ2) is 5.71. The van der Waals surface area contributed by atoms with Crippen molar-refractivity contribution in [1.29, 1.82) is 0 Å². The van der Waals surface area contributed by atoms with Gasteiger partial charge >= 0.3 is 5.97 Å². The largest absolute Gasteiger partial charge is 0.494 e. The maximum Gasteiger partial charge on any atom is 0.336 e. The Morgan fingerprint density at radius 1 is 1.47 bits per heavy atom. The summed E-state index contributed by atoms with van der Waals surface area (Å²) in [6, 6.07) is 5.82. The van der Waals surface area contributed by atoms with Crippen LogP contribution >= 0.6 is 11.3 Å². The van der Waals surface area contributed by atoms with Crippen LogP contribution in [0.5, 0.6) is 5.75 Å². The fraction of sp³-hybridized carbons (Fsp3) is 0.154. The van der Waals surface area contributed by atoms with Gasteiger partial charge < -0.3 is 15.2 Å². The van der Waals surface area contributed by atoms with E-state index in [0.717, 1.165) is 4.88 Å². The minimum atomic E-state index is -0.943. The van der Waals surface area contributed by atoms with Crippen LogP contribution in [-0.2, 0) is 6.54 Å². The van der Waals surface area contributed by atoms with Crippen LogP contribution in [0.25, 0.3) is 0 Å². The van der Waals surface area contributed by atoms with Crippen LogP contribution in [0.4, 0.5) is 10.1 Å². The standard InChI is InChI=1S/C13H12FNO3S/c1-18-12-5-9(14)2-3-11(12)15-6-10-4-8(7-19-10)13(16)17/h2-5,7,15H,6H2,1H3,(H,16,17). The zero-order valence-corrected chi connectivity index (χ0v) is 11.0. The van der Waals surface area contributed by atoms with Gasteiger partial charge in [0.1, 0.15) is 11.6 Å². The highest BCUT2D eigenvalue weighted by atomic mass is 32.1. The highest BCUT2D eigenvalue weighted by Crippen LogP contribution is 2.26. The lowest BCUT2D eigenvalue weighted by Crippen LogP contribution is -2.00. The monoisotopic (exact) mass is 281 g/mol. The van der Waals surface area contributed by atoms with Gasteiger partial charge in [0.25, 0.3) is 0 Å². The molecule has 1 aromatic carbocycles. The molecule has 0 saturated carbocycles. The molecule has 100 valence electrons. The molecule has 0 unspecified atom stereocenters. The summed E-state index contributed by atoms with van der Waals surface area (Å²) in [4.78, 5) is 11.6. The highest BCUT2D eigenvalue weighted by Gasteiger charge is 2.08. The molecule has 2 N–H and O–H groups in total. The molecular formula is C13H12FNO3S. The van der Waals surface area contributed by atoms with Gasteiger partial charge in [0.05, 0.1) is 18.4 Å². The third-order valence-corrected chi connectivity index (χ3v) is 3.45. The molecule has 0 spiro atoms. The zero-order valence-electron chi connectivity index (χ0n) is 10.1. The number of benzene rings is 1. The molecule has 0 saturated heterocycles. The molecule has 0 atom stereocenters. The molecular weight excluding hydrogens is 269 g/mol. The molecule has 0 bridgehead atoms. The van der Waals surface area contributed by atoms with Gasteiger partial charge in [-0.3, -0.25) is 0 Å². The Hall–Kier alpha value is -2.08. The van der Waals surface area contributed by atoms with Crippen molar-refractivity contribution >= 4 is 23.0 Å². The summed E-state index contributed by atoms with van der Waals surface area (Å²) < 4.78 is 18.1. The van der Waals surface area contributed by atoms with Crippen molar-refractivity contribution in [3.63, 3.8) is 0 Å². The Morgan fingerprint density at radius 3 is 2.89 bits per heavy atom. The van der Waals surface area contributed by atoms with Gasteiger partial charge in [0.2, 0.25) is 0 Å². The number of methoxy groups -OCH3 is 1. The zero-order chi connectivity index (χ0) is 13.8. The minimum Gasteiger partial charge on any atom is -0.494 e. The van der Waals surface area contributed by atoms with Gasteiger partial charge in [-0.05, 0) is 18.2 Å². The topological polar surface area (TPSA) is 58.6 Å². The lowest BCUT2D eigenvalue weighted by molar-refractivity contribution is 0.0697. The number of rotatable bonds is 5. The van der Waals surface area contributed by atoms with Gasteiger partial charge in [0.15, 0.2) is 0 Å². The molecule has 2 rings (SSSR count). The van der Waals surface area contributed by atoms with Gasteiger partial charge in [-0.1, -0.05) is 0 Å². The smallest absolute Gasteiger partial charge is 0.336 e. The van der Waals surface area contributed by atoms with E-state index in [1.807, 2.05) is 0 Å². The maximum atomic E-state index is 13.0. The number of aromatic carboxylic acids is 1. The number of carboxylic acid groups (broad SMARTS) is 1. The number of carbonyl (C=O) groups is 1. The molecule has 0 radical (unpaired) electrons. The van der Waals surface area contributed by atoms with E-state index >= 15 is 0 Å². The van der Waals surface area contributed by atoms with E-state index in [-0.39, 0.29) is 11.4 Å². The van der Waals surface area contributed by atoms with E-state index in [0.29, 0.717) is 18.0 Å². The maximum absolute atomic E-state index is 13.0. The Bertz CT molecular complexity index is 597. The highest BCUT2D eigenvalue weighted by molar-refractivity contribution is 7.10. The summed E-state index contributed by atoms with van der Waals surface area (Å²) in [5.41, 5.74) is 0.932. The van der Waals surface area contributed by atoms with Gasteiger partial charge in [-0.15, -0.1) is 11.3 Å². The van der Waals surface area contributed by atoms with Gasteiger partial charge in [-0.25, -0.2) is 9.18 Å². The Balaban J connectivity index is 2.07. The number of hydrogen-bond donors (Lipinski definition) is 2. The summed E-state index contributed by atoms with van der Waals surface area (Å²) in [7, 11) is 1.47. The molecule has 0 fully saturated rings. The molecule has 0 aliphatic heterocycles. The van der Waals surface area contributed by atoms with E-state index in [9.17, 15) is 9.18 Å². The molecule has 19 heavy (non-hydrogen) atoms. The molecule has 0 amide bonds. The third kappa shape index (κ3) is 3.23. The summed E-state index contributed by atoms with van der Waals surface area (Å²) in [6.45, 7) is 0.458. The fourth-order valence-electron chi connectivity index (χ4n) is 1.58. The predicted molar refractivity (Wildman–Crippen MR) is 71.6 cm³/mol. The van der Waals surface area contributed by atoms with E-state index in [4.69, 9.17) is 9.84 Å². The van der Waals surface area contributed by atoms with Crippen LogP contribution in [-0.4, -0.2) is 18.2 Å². The summed E-state index contributed by atoms with van der Waals surface area (Å²) in [6.07, 6.45) is 0. The number of thiophene rings is 1. The molecule has 1 heterocycles. The van der Waals surface area contributed by atoms with Crippen molar-refractivity contribution in [3.8, 4) is 5.75 Å². The second-order valence-electron chi connectivity index (χ2n) is 3.81. The van der Waals surface area contributed by atoms with Crippen molar-refractivity contribution in [2.45, 2.75) is 6.54 Å². The van der Waals surface area contributed by atoms with E-state index in [1.165, 1.54) is 30.6 Å². The fourth-order valence-corrected chi connectivity index (χ4v) is 2.38. The van der Waals surface area contributed by atoms with Crippen LogP contribution in [0.1, 0.15) is 15.2 Å². The first-order valence-corrected chi connectivity index (χ1v) is 6.36. The van der Waals surface area contributed by atoms with E-state index in [2.05, 4.69) is 5.32 Å². The van der Waals surface area contributed by atoms with Crippen LogP contribution < -0.4 is 10.1 Å². The van der Waals surface area contributed by atoms with Gasteiger partial charge in [-0.2, -0.15) is 0 Å². The number of anilines is 1. The number of ether oxygens (including phenoxy) is 1. The number of nitrogens with one attached hydrogen (secondary N) is 1. The summed E-state index contributed by atoms with van der Waals surface area (Å²) in [5, 5.41) is 13.5. The van der Waals surface area contributed by atoms with Crippen molar-refractivity contribution in [2.75, 3.05) is 12.4 Å². The lowest BCUT2D eigenvalue weighted by atomic mass is 10.2. The van der Waals surface area contributed by atoms with E-state index in [1.54, 1.807) is 17.5 Å². The van der Waals surface area contributed by atoms with Crippen LogP contribution in [0.15, 0.2) is 29.6 Å². The minimum absolute atomic E-state index is 0.271. The quantitative estimate of drug-likeness (QED) is 0.883. The van der Waals surface area contributed by atoms with Crippen molar-refractivity contribution < 1.29 is 19.0 Å². The first-order valence-electron chi connectivity index (χ1n) is 5.48. The van der Waals surface area contributed by atoms with Crippen LogP contribution in [0.3, 0.4) is 0 Å². The van der Waals surface area contributed by atoms with Crippen molar-refractivity contribution in [1.82, 2.24) is 0 Å². The summed E-state index contributed by atoms with van der Waals surface area (Å²) >= 11 is 1.36. The third-order valence-electron chi connectivity index (χ3n) is 2.52. The molecule has 2 aromatic rings. The number of hydrogen-bond acceptors (Lipinski definition) is 4. The Kier molecular flexibility index (Phi) is 4.01. The average Bonchev–Trinajstić information content (AvgIpc) is 2.86. The SMILES string of the molecule is COc1cc(F)ccc1NCc1cc(C(=O)O)cs1. The van der Waals surface area contributed by atoms with E-state index < -0.39 is 5.97 Å². The van der Waals surface area contributed by atoms with Crippen molar-refractivity contribution in [3.05, 3.63) is 45.9 Å². The normalized spacial score (nSPS) is 10.2. The Morgan fingerprint density at radius 2 is 2.26 bits per heavy atom. The number of halogens is 1. The molecule has 4 nitrogen and oxygen atoms in total. The first kappa shape index (κ1) is 13.4. The van der Waals surface area contributed by atoms with Crippen LogP contribution in [0, 0.1) is 5.82 Å². The molecule has 6 heteroatoms. The average molecular weight is 281 g/mol. The molecule has 1 aromatic heterocycles. The van der Waals surface area contributed by atoms with Gasteiger partial charge in [0, 0.05) is 22.9 Å². The van der Waals surface area contributed by atoms with Crippen LogP contribution in [0.2, 0.25) is 0 Å². The summed E-state index contributed by atoms with van der Waals surface area (Å²) in [5.74, 6) is -0.899. The predicted octanol–water partition coefficient (Wildman–Crippen LogP) is 3.21. The first-order chi connectivity index (χ1) is 9.10. The number of carboxylic acids is 1. The Labute approximate surface area is 113 Å².